The molecule has 1 aromatic carbocycles. The third kappa shape index (κ3) is 4.08. The molecule has 4 aromatic rings. The number of pyridine rings is 1. The van der Waals surface area contributed by atoms with Gasteiger partial charge in [-0.2, -0.15) is 10.2 Å². The molecule has 0 bridgehead atoms. The fourth-order valence-corrected chi connectivity index (χ4v) is 5.42. The lowest BCUT2D eigenvalue weighted by Crippen LogP contribution is -2.31. The zero-order chi connectivity index (χ0) is 23.1. The smallest absolute Gasteiger partial charge is 0.158 e. The molecule has 0 saturated heterocycles. The van der Waals surface area contributed by atoms with E-state index in [1.165, 1.54) is 42.4 Å². The van der Waals surface area contributed by atoms with E-state index in [1.54, 1.807) is 6.33 Å². The Balaban J connectivity index is 1.44. The molecular formula is C27H34N6. The quantitative estimate of drug-likeness (QED) is 0.424. The van der Waals surface area contributed by atoms with Gasteiger partial charge in [0.1, 0.15) is 6.33 Å². The average molecular weight is 443 g/mol. The lowest BCUT2D eigenvalue weighted by molar-refractivity contribution is 0.216. The first kappa shape index (κ1) is 21.8. The van der Waals surface area contributed by atoms with Gasteiger partial charge in [-0.25, -0.2) is 9.50 Å². The lowest BCUT2D eigenvalue weighted by Gasteiger charge is -2.32. The maximum atomic E-state index is 4.76. The monoisotopic (exact) mass is 442 g/mol. The van der Waals surface area contributed by atoms with Crippen LogP contribution in [0.4, 0.5) is 0 Å². The number of aromatic nitrogens is 5. The minimum absolute atomic E-state index is 0.335. The van der Waals surface area contributed by atoms with E-state index in [0.29, 0.717) is 11.8 Å². The second kappa shape index (κ2) is 8.75. The van der Waals surface area contributed by atoms with Crippen LogP contribution in [0.5, 0.6) is 0 Å². The molecule has 6 nitrogen and oxygen atoms in total. The van der Waals surface area contributed by atoms with E-state index < -0.39 is 0 Å². The summed E-state index contributed by atoms with van der Waals surface area (Å²) in [6, 6.07) is 12.1. The Morgan fingerprint density at radius 3 is 2.42 bits per heavy atom. The Morgan fingerprint density at radius 2 is 1.76 bits per heavy atom. The number of aromatic amines is 1. The van der Waals surface area contributed by atoms with Gasteiger partial charge < -0.3 is 4.90 Å². The highest BCUT2D eigenvalue weighted by Crippen LogP contribution is 2.38. The summed E-state index contributed by atoms with van der Waals surface area (Å²) >= 11 is 0. The average Bonchev–Trinajstić information content (AvgIpc) is 3.47. The van der Waals surface area contributed by atoms with Crippen molar-refractivity contribution < 1.29 is 0 Å². The van der Waals surface area contributed by atoms with E-state index in [-0.39, 0.29) is 0 Å². The van der Waals surface area contributed by atoms with Crippen LogP contribution in [0.25, 0.3) is 28.2 Å². The predicted octanol–water partition coefficient (Wildman–Crippen LogP) is 5.81. The fraction of sp³-hybridized carbons (Fsp3) is 0.444. The van der Waals surface area contributed by atoms with Crippen LogP contribution >= 0.6 is 0 Å². The molecule has 0 unspecified atom stereocenters. The van der Waals surface area contributed by atoms with Crippen LogP contribution in [0.2, 0.25) is 0 Å². The van der Waals surface area contributed by atoms with Crippen LogP contribution in [0, 0.1) is 6.92 Å². The molecule has 3 aromatic heterocycles. The summed E-state index contributed by atoms with van der Waals surface area (Å²) in [4.78, 5) is 6.72. The Bertz CT molecular complexity index is 1240. The summed E-state index contributed by atoms with van der Waals surface area (Å²) in [5.41, 5.74) is 9.05. The lowest BCUT2D eigenvalue weighted by atomic mass is 9.81. The van der Waals surface area contributed by atoms with E-state index >= 15 is 0 Å². The van der Waals surface area contributed by atoms with E-state index in [0.717, 1.165) is 34.2 Å². The molecule has 1 fully saturated rings. The highest BCUT2D eigenvalue weighted by atomic mass is 15.3. The molecule has 1 aliphatic rings. The minimum atomic E-state index is 0.335. The zero-order valence-electron chi connectivity index (χ0n) is 20.3. The Hall–Kier alpha value is -2.99. The van der Waals surface area contributed by atoms with Gasteiger partial charge in [-0.15, -0.1) is 0 Å². The number of hydrogen-bond acceptors (Lipinski definition) is 4. The van der Waals surface area contributed by atoms with Gasteiger partial charge in [0, 0.05) is 23.4 Å². The van der Waals surface area contributed by atoms with Crippen LogP contribution in [-0.2, 0) is 0 Å². The van der Waals surface area contributed by atoms with Crippen LogP contribution < -0.4 is 0 Å². The SMILES string of the molecule is Cc1cc(-c2n[nH]c(-c3ccc(C4CCC(N(C)C)CC4)cc3)c2C(C)C)cn2ncnc12. The summed E-state index contributed by atoms with van der Waals surface area (Å²) in [7, 11) is 4.41. The molecule has 0 atom stereocenters. The summed E-state index contributed by atoms with van der Waals surface area (Å²) in [6.07, 6.45) is 8.75. The largest absolute Gasteiger partial charge is 0.306 e. The normalized spacial score (nSPS) is 19.1. The molecule has 33 heavy (non-hydrogen) atoms. The van der Waals surface area contributed by atoms with Gasteiger partial charge >= 0.3 is 0 Å². The van der Waals surface area contributed by atoms with Crippen molar-refractivity contribution in [2.24, 2.45) is 0 Å². The third-order valence-electron chi connectivity index (χ3n) is 7.31. The standard InChI is InChI=1S/C27H34N6/c1-17(2)24-25(30-31-26(24)22-14-18(3)27-28-16-29-33(27)15-22)21-8-6-19(7-9-21)20-10-12-23(13-11-20)32(4)5/h6-9,14-17,20,23H,10-13H2,1-5H3,(H,30,31). The third-order valence-corrected chi connectivity index (χ3v) is 7.31. The molecule has 0 radical (unpaired) electrons. The summed E-state index contributed by atoms with van der Waals surface area (Å²) < 4.78 is 1.84. The molecular weight excluding hydrogens is 408 g/mol. The number of H-pyrrole nitrogens is 1. The van der Waals surface area contributed by atoms with Gasteiger partial charge in [0.25, 0.3) is 0 Å². The summed E-state index contributed by atoms with van der Waals surface area (Å²) in [5.74, 6) is 1.01. The molecule has 1 N–H and O–H groups in total. The summed E-state index contributed by atoms with van der Waals surface area (Å²) in [5, 5.41) is 12.4. The zero-order valence-corrected chi connectivity index (χ0v) is 20.3. The van der Waals surface area contributed by atoms with Crippen LogP contribution in [0.3, 0.4) is 0 Å². The second-order valence-electron chi connectivity index (χ2n) is 10.0. The molecule has 6 heteroatoms. The van der Waals surface area contributed by atoms with Crippen molar-refractivity contribution in [3.63, 3.8) is 0 Å². The van der Waals surface area contributed by atoms with E-state index in [9.17, 15) is 0 Å². The first-order valence-electron chi connectivity index (χ1n) is 12.1. The van der Waals surface area contributed by atoms with Crippen molar-refractivity contribution >= 4 is 5.65 Å². The predicted molar refractivity (Wildman–Crippen MR) is 134 cm³/mol. The minimum Gasteiger partial charge on any atom is -0.306 e. The van der Waals surface area contributed by atoms with Crippen molar-refractivity contribution in [2.75, 3.05) is 14.1 Å². The number of fused-ring (bicyclic) bond motifs is 1. The van der Waals surface area contributed by atoms with Crippen molar-refractivity contribution in [3.05, 3.63) is 59.5 Å². The first-order valence-corrected chi connectivity index (χ1v) is 12.1. The molecule has 1 saturated carbocycles. The van der Waals surface area contributed by atoms with Gasteiger partial charge in [0.05, 0.1) is 11.4 Å². The first-order chi connectivity index (χ1) is 15.9. The van der Waals surface area contributed by atoms with Gasteiger partial charge in [-0.05, 0) is 81.3 Å². The highest BCUT2D eigenvalue weighted by molar-refractivity contribution is 5.76. The van der Waals surface area contributed by atoms with Gasteiger partial charge in [-0.1, -0.05) is 38.1 Å². The number of rotatable bonds is 5. The number of hydrogen-bond donors (Lipinski definition) is 1. The van der Waals surface area contributed by atoms with Crippen LogP contribution in [-0.4, -0.2) is 49.8 Å². The van der Waals surface area contributed by atoms with E-state index in [2.05, 4.69) is 85.3 Å². The number of aryl methyl sites for hydroxylation is 1. The maximum absolute atomic E-state index is 4.76. The van der Waals surface area contributed by atoms with Gasteiger partial charge in [-0.3, -0.25) is 5.10 Å². The number of nitrogens with one attached hydrogen (secondary N) is 1. The second-order valence-corrected chi connectivity index (χ2v) is 10.0. The van der Waals surface area contributed by atoms with Crippen LogP contribution in [0.15, 0.2) is 42.9 Å². The van der Waals surface area contributed by atoms with Crippen molar-refractivity contribution in [1.82, 2.24) is 29.7 Å². The van der Waals surface area contributed by atoms with Gasteiger partial charge in [0.2, 0.25) is 0 Å². The molecule has 172 valence electrons. The van der Waals surface area contributed by atoms with E-state index in [1.807, 2.05) is 10.7 Å². The topological polar surface area (TPSA) is 62.1 Å². The fourth-order valence-electron chi connectivity index (χ4n) is 5.42. The number of benzene rings is 1. The van der Waals surface area contributed by atoms with Gasteiger partial charge in [0.15, 0.2) is 5.65 Å². The molecule has 0 amide bonds. The van der Waals surface area contributed by atoms with Crippen LogP contribution in [0.1, 0.15) is 68.1 Å². The molecule has 5 rings (SSSR count). The Kier molecular flexibility index (Phi) is 5.79. The highest BCUT2D eigenvalue weighted by Gasteiger charge is 2.24. The molecule has 3 heterocycles. The van der Waals surface area contributed by atoms with Crippen molar-refractivity contribution in [2.45, 2.75) is 64.3 Å². The maximum Gasteiger partial charge on any atom is 0.158 e. The summed E-state index contributed by atoms with van der Waals surface area (Å²) in [6.45, 7) is 6.54. The Labute approximate surface area is 196 Å². The van der Waals surface area contributed by atoms with E-state index in [4.69, 9.17) is 5.10 Å². The molecule has 1 aliphatic carbocycles. The van der Waals surface area contributed by atoms with Crippen molar-refractivity contribution in [3.8, 4) is 22.5 Å². The number of nitrogens with zero attached hydrogens (tertiary/aromatic N) is 5. The Morgan fingerprint density at radius 1 is 1.03 bits per heavy atom. The molecule has 0 spiro atoms. The molecule has 0 aliphatic heterocycles. The van der Waals surface area contributed by atoms with Crippen molar-refractivity contribution in [1.29, 1.82) is 0 Å².